The minimum Gasteiger partial charge on any atom is -0.394 e. The molecular formula is C28H26Cl2N8O2S. The molecule has 5 aromatic rings. The lowest BCUT2D eigenvalue weighted by molar-refractivity contribution is 0.269. The zero-order valence-corrected chi connectivity index (χ0v) is 24.4. The number of aromatic nitrogens is 6. The van der Waals surface area contributed by atoms with Gasteiger partial charge in [0.2, 0.25) is 0 Å². The highest BCUT2D eigenvalue weighted by molar-refractivity contribution is 7.99. The molecule has 1 fully saturated rings. The van der Waals surface area contributed by atoms with E-state index in [0.29, 0.717) is 28.6 Å². The van der Waals surface area contributed by atoms with Gasteiger partial charge < -0.3 is 14.9 Å². The third kappa shape index (κ3) is 5.68. The Labute approximate surface area is 250 Å². The third-order valence-electron chi connectivity index (χ3n) is 6.89. The van der Waals surface area contributed by atoms with Crippen LogP contribution in [0.25, 0.3) is 28.0 Å². The number of benzene rings is 2. The quantitative estimate of drug-likeness (QED) is 0.271. The Kier molecular flexibility index (Phi) is 7.96. The minimum atomic E-state index is -0.457. The maximum absolute atomic E-state index is 13.6. The van der Waals surface area contributed by atoms with E-state index >= 15 is 0 Å². The van der Waals surface area contributed by atoms with E-state index in [2.05, 4.69) is 56.3 Å². The molecule has 0 unspecified atom stereocenters. The summed E-state index contributed by atoms with van der Waals surface area (Å²) >= 11 is 14.3. The molecule has 2 aromatic carbocycles. The molecule has 10 nitrogen and oxygen atoms in total. The Morgan fingerprint density at radius 2 is 1.71 bits per heavy atom. The summed E-state index contributed by atoms with van der Waals surface area (Å²) in [6.45, 7) is 4.32. The Balaban J connectivity index is 1.40. The molecular weight excluding hydrogens is 583 g/mol. The molecule has 4 heterocycles. The minimum absolute atomic E-state index is 0.0689. The molecule has 0 amide bonds. The van der Waals surface area contributed by atoms with E-state index in [1.54, 1.807) is 35.1 Å². The fourth-order valence-corrected chi connectivity index (χ4v) is 5.97. The van der Waals surface area contributed by atoms with E-state index in [0.717, 1.165) is 31.1 Å². The first kappa shape index (κ1) is 27.7. The predicted molar refractivity (Wildman–Crippen MR) is 162 cm³/mol. The van der Waals surface area contributed by atoms with Crippen molar-refractivity contribution < 1.29 is 5.11 Å². The van der Waals surface area contributed by atoms with Crippen molar-refractivity contribution >= 4 is 51.6 Å². The van der Waals surface area contributed by atoms with E-state index in [9.17, 15) is 9.90 Å². The molecule has 6 rings (SSSR count). The van der Waals surface area contributed by atoms with Gasteiger partial charge in [-0.3, -0.25) is 9.48 Å². The lowest BCUT2D eigenvalue weighted by atomic mass is 10.2. The molecule has 0 spiro atoms. The molecule has 1 aliphatic rings. The predicted octanol–water partition coefficient (Wildman–Crippen LogP) is 4.24. The average molecular weight is 610 g/mol. The van der Waals surface area contributed by atoms with Gasteiger partial charge in [0.25, 0.3) is 5.56 Å². The van der Waals surface area contributed by atoms with E-state index in [4.69, 9.17) is 28.2 Å². The summed E-state index contributed by atoms with van der Waals surface area (Å²) in [6, 6.07) is 15.1. The van der Waals surface area contributed by atoms with Gasteiger partial charge in [0.15, 0.2) is 5.16 Å². The fourth-order valence-electron chi connectivity index (χ4n) is 4.68. The summed E-state index contributed by atoms with van der Waals surface area (Å²) in [7, 11) is 2.14. The lowest BCUT2D eigenvalue weighted by Crippen LogP contribution is -2.44. The largest absolute Gasteiger partial charge is 0.394 e. The van der Waals surface area contributed by atoms with Crippen LogP contribution in [0.4, 0.5) is 5.69 Å². The highest BCUT2D eigenvalue weighted by atomic mass is 35.5. The number of halogens is 2. The maximum atomic E-state index is 13.6. The highest BCUT2D eigenvalue weighted by Crippen LogP contribution is 2.32. The van der Waals surface area contributed by atoms with Gasteiger partial charge in [0, 0.05) is 49.2 Å². The Morgan fingerprint density at radius 3 is 2.41 bits per heavy atom. The third-order valence-corrected chi connectivity index (χ3v) is 8.39. The van der Waals surface area contributed by atoms with Crippen molar-refractivity contribution in [1.29, 1.82) is 0 Å². The van der Waals surface area contributed by atoms with E-state index < -0.39 is 5.56 Å². The molecule has 3 aromatic heterocycles. The van der Waals surface area contributed by atoms with Gasteiger partial charge in [-0.15, -0.1) is 0 Å². The number of aliphatic hydroxyl groups excluding tert-OH is 1. The second-order valence-electron chi connectivity index (χ2n) is 9.62. The van der Waals surface area contributed by atoms with Crippen molar-refractivity contribution in [2.75, 3.05) is 44.7 Å². The summed E-state index contributed by atoms with van der Waals surface area (Å²) in [5.74, 6) is 0. The smallest absolute Gasteiger partial charge is 0.282 e. The van der Waals surface area contributed by atoms with E-state index in [1.165, 1.54) is 28.3 Å². The van der Waals surface area contributed by atoms with Gasteiger partial charge in [0.05, 0.1) is 28.6 Å². The SMILES string of the molecule is CN1CCN(c2ccc(Sc3ncc4c(=O)n(-c5c(Cl)cccc5Cl)nc(-c5ccn(CCO)n5)c4n3)cc2)CC1. The van der Waals surface area contributed by atoms with Crippen molar-refractivity contribution in [1.82, 2.24) is 34.4 Å². The number of hydrogen-bond donors (Lipinski definition) is 1. The van der Waals surface area contributed by atoms with Crippen LogP contribution in [0.2, 0.25) is 10.0 Å². The number of aliphatic hydroxyl groups is 1. The summed E-state index contributed by atoms with van der Waals surface area (Å²) in [5.41, 5.74) is 2.19. The highest BCUT2D eigenvalue weighted by Gasteiger charge is 2.21. The molecule has 0 aliphatic carbocycles. The molecule has 0 radical (unpaired) electrons. The number of para-hydroxylation sites is 1. The summed E-state index contributed by atoms with van der Waals surface area (Å²) in [5, 5.41) is 19.8. The van der Waals surface area contributed by atoms with Crippen LogP contribution in [-0.4, -0.2) is 79.4 Å². The summed E-state index contributed by atoms with van der Waals surface area (Å²) in [6.07, 6.45) is 3.23. The summed E-state index contributed by atoms with van der Waals surface area (Å²) in [4.78, 5) is 28.6. The van der Waals surface area contributed by atoms with Crippen LogP contribution < -0.4 is 10.5 Å². The Hall–Kier alpha value is -3.48. The molecule has 0 saturated carbocycles. The number of nitrogens with zero attached hydrogens (tertiary/aromatic N) is 8. The molecule has 1 saturated heterocycles. The average Bonchev–Trinajstić information content (AvgIpc) is 3.43. The van der Waals surface area contributed by atoms with Crippen LogP contribution in [0.1, 0.15) is 0 Å². The standard InChI is InChI=1S/C28H26Cl2N8O2S/c1-35-11-13-36(14-12-35)18-5-7-19(8-6-18)41-28-31-17-20-24(32-28)25(23-9-10-37(33-23)15-16-39)34-38(27(20)40)26-21(29)3-2-4-22(26)30/h2-10,17,39H,11-16H2,1H3. The van der Waals surface area contributed by atoms with Crippen molar-refractivity contribution in [3.63, 3.8) is 0 Å². The Bertz CT molecular complexity index is 1750. The number of hydrogen-bond acceptors (Lipinski definition) is 9. The molecule has 41 heavy (non-hydrogen) atoms. The zero-order valence-electron chi connectivity index (χ0n) is 22.1. The van der Waals surface area contributed by atoms with Crippen molar-refractivity contribution in [2.24, 2.45) is 0 Å². The van der Waals surface area contributed by atoms with Crippen molar-refractivity contribution in [3.05, 3.63) is 81.3 Å². The van der Waals surface area contributed by atoms with E-state index in [-0.39, 0.29) is 27.7 Å². The number of rotatable bonds is 7. The van der Waals surface area contributed by atoms with Crippen LogP contribution in [0.3, 0.4) is 0 Å². The fraction of sp³-hybridized carbons (Fsp3) is 0.250. The van der Waals surface area contributed by atoms with Gasteiger partial charge in [-0.2, -0.15) is 14.9 Å². The van der Waals surface area contributed by atoms with Crippen LogP contribution in [0.5, 0.6) is 0 Å². The van der Waals surface area contributed by atoms with Gasteiger partial charge in [-0.25, -0.2) is 9.97 Å². The molecule has 1 N–H and O–H groups in total. The maximum Gasteiger partial charge on any atom is 0.282 e. The van der Waals surface area contributed by atoms with Crippen molar-refractivity contribution in [2.45, 2.75) is 16.6 Å². The number of piperazine rings is 1. The second-order valence-corrected chi connectivity index (χ2v) is 11.5. The molecule has 1 aliphatic heterocycles. The molecule has 13 heteroatoms. The summed E-state index contributed by atoms with van der Waals surface area (Å²) < 4.78 is 2.76. The zero-order chi connectivity index (χ0) is 28.5. The van der Waals surface area contributed by atoms with Crippen molar-refractivity contribution in [3.8, 4) is 17.1 Å². The molecule has 210 valence electrons. The normalized spacial score (nSPS) is 14.2. The first-order chi connectivity index (χ1) is 19.9. The number of likely N-dealkylation sites (N-methyl/N-ethyl adjacent to an activating group) is 1. The van der Waals surface area contributed by atoms with E-state index in [1.807, 2.05) is 0 Å². The van der Waals surface area contributed by atoms with Gasteiger partial charge in [-0.1, -0.05) is 29.3 Å². The van der Waals surface area contributed by atoms with Crippen LogP contribution in [0, 0.1) is 0 Å². The monoisotopic (exact) mass is 608 g/mol. The topological polar surface area (TPSA) is 105 Å². The van der Waals surface area contributed by atoms with Gasteiger partial charge >= 0.3 is 0 Å². The molecule has 0 atom stereocenters. The first-order valence-electron chi connectivity index (χ1n) is 13.0. The Morgan fingerprint density at radius 1 is 0.976 bits per heavy atom. The number of anilines is 1. The van der Waals surface area contributed by atoms with Crippen LogP contribution >= 0.6 is 35.0 Å². The van der Waals surface area contributed by atoms with Gasteiger partial charge in [-0.05, 0) is 61.3 Å². The second kappa shape index (κ2) is 11.8. The lowest BCUT2D eigenvalue weighted by Gasteiger charge is -2.34. The van der Waals surface area contributed by atoms with Crippen LogP contribution in [-0.2, 0) is 6.54 Å². The number of fused-ring (bicyclic) bond motifs is 1. The van der Waals surface area contributed by atoms with Crippen LogP contribution in [0.15, 0.2) is 75.8 Å². The van der Waals surface area contributed by atoms with Gasteiger partial charge in [0.1, 0.15) is 22.6 Å². The first-order valence-corrected chi connectivity index (χ1v) is 14.6. The molecule has 0 bridgehead atoms.